The molecule has 0 aromatic carbocycles. The van der Waals surface area contributed by atoms with Crippen molar-refractivity contribution in [2.24, 2.45) is 0 Å². The van der Waals surface area contributed by atoms with Gasteiger partial charge in [-0.05, 0) is 21.0 Å². The topological polar surface area (TPSA) is 17.1 Å². The van der Waals surface area contributed by atoms with Gasteiger partial charge in [0.2, 0.25) is 0 Å². The fourth-order valence-corrected chi connectivity index (χ4v) is 102. The quantitative estimate of drug-likeness (QED) is 0.455. The molecule has 0 bridgehead atoms. The first kappa shape index (κ1) is 17.8. The van der Waals surface area contributed by atoms with Gasteiger partial charge in [-0.15, -0.1) is 53.6 Å². The van der Waals surface area contributed by atoms with E-state index in [-0.39, 0.29) is 34.9 Å². The molecule has 0 radical (unpaired) electrons. The molecule has 0 heterocycles. The van der Waals surface area contributed by atoms with E-state index in [4.69, 9.17) is 0 Å². The third-order valence-electron chi connectivity index (χ3n) is 0.853. The SMILES string of the molecule is O=PP(P(P)P)P(P(P)P)P(P)P. The summed E-state index contributed by atoms with van der Waals surface area (Å²) in [5.74, 6) is 0. The monoisotopic (exact) mass is 400 g/mol. The molecule has 0 aromatic rings. The maximum absolute atomic E-state index is 11.1. The lowest BCUT2D eigenvalue weighted by molar-refractivity contribution is 0.605. The average molecular weight is 400 g/mol. The van der Waals surface area contributed by atoms with E-state index in [1.54, 1.807) is 0 Å². The number of hydrogen-bond acceptors (Lipinski definition) is 1. The van der Waals surface area contributed by atoms with Gasteiger partial charge >= 0.3 is 0 Å². The lowest BCUT2D eigenvalue weighted by Crippen LogP contribution is -1.44. The zero-order valence-corrected chi connectivity index (χ0v) is 18.9. The Kier molecular flexibility index (Phi) is 13.3. The molecule has 7 atom stereocenters. The maximum Gasteiger partial charge on any atom is 0.192 e. The van der Waals surface area contributed by atoms with Gasteiger partial charge < -0.3 is 0 Å². The lowest BCUT2D eigenvalue weighted by Gasteiger charge is -2.30. The average Bonchev–Trinajstić information content (AvgIpc) is 1.97. The molecule has 0 saturated carbocycles. The molecule has 0 aromatic heterocycles. The molecule has 0 aliphatic rings. The van der Waals surface area contributed by atoms with Crippen LogP contribution in [-0.4, -0.2) is 0 Å². The molecule has 0 spiro atoms. The molecule has 78 valence electrons. The summed E-state index contributed by atoms with van der Waals surface area (Å²) in [6, 6.07) is 0. The van der Waals surface area contributed by atoms with E-state index in [1.165, 1.54) is 0 Å². The smallest absolute Gasteiger partial charge is 0.192 e. The largest absolute Gasteiger partial charge is 0.269 e. The van der Waals surface area contributed by atoms with Crippen LogP contribution >= 0.6 is 96.7 Å². The highest BCUT2D eigenvalue weighted by molar-refractivity contribution is 9.22. The maximum atomic E-state index is 11.1. The molecule has 0 N–H and O–H groups in total. The fourth-order valence-electron chi connectivity index (χ4n) is 0.471. The zero-order valence-electron chi connectivity index (χ0n) is 6.56. The second kappa shape index (κ2) is 9.72. The van der Waals surface area contributed by atoms with Gasteiger partial charge in [-0.1, -0.05) is 0 Å². The molecule has 0 fully saturated rings. The lowest BCUT2D eigenvalue weighted by atomic mass is 16.0. The van der Waals surface area contributed by atoms with E-state index in [1.807, 2.05) is 0 Å². The van der Waals surface area contributed by atoms with E-state index in [0.717, 1.165) is 0 Å². The highest BCUT2D eigenvalue weighted by atomic mass is 33.3. The molecule has 13 heteroatoms. The molecule has 1 nitrogen and oxygen atoms in total. The summed E-state index contributed by atoms with van der Waals surface area (Å²) in [6.07, 6.45) is 0. The Bertz CT molecular complexity index is 139. The van der Waals surface area contributed by atoms with E-state index >= 15 is 0 Å². The summed E-state index contributed by atoms with van der Waals surface area (Å²) in [4.78, 5) is 0. The number of hydrogen-bond donors (Lipinski definition) is 0. The van der Waals surface area contributed by atoms with Crippen molar-refractivity contribution in [3.8, 4) is 0 Å². The van der Waals surface area contributed by atoms with Crippen molar-refractivity contribution in [3.05, 3.63) is 0 Å². The van der Waals surface area contributed by atoms with Crippen molar-refractivity contribution in [2.45, 2.75) is 0 Å². The third-order valence-corrected chi connectivity index (χ3v) is 65.1. The molecule has 0 rings (SSSR count). The van der Waals surface area contributed by atoms with E-state index in [9.17, 15) is 4.57 Å². The van der Waals surface area contributed by atoms with Crippen LogP contribution in [0.4, 0.5) is 0 Å². The predicted octanol–water partition coefficient (Wildman–Crippen LogP) is 7.00. The molecular formula is H12OP12. The van der Waals surface area contributed by atoms with Crippen LogP contribution in [-0.2, 0) is 4.57 Å². The summed E-state index contributed by atoms with van der Waals surface area (Å²) in [7, 11) is 17.6. The van der Waals surface area contributed by atoms with Crippen molar-refractivity contribution in [1.29, 1.82) is 0 Å². The first-order valence-corrected chi connectivity index (χ1v) is 23.5. The molecular weight excluding hydrogens is 388 g/mol. The van der Waals surface area contributed by atoms with Crippen LogP contribution in [0.1, 0.15) is 0 Å². The van der Waals surface area contributed by atoms with Gasteiger partial charge in [0.15, 0.2) is 8.15 Å². The van der Waals surface area contributed by atoms with Crippen molar-refractivity contribution in [2.75, 3.05) is 0 Å². The minimum atomic E-state index is -0.313. The van der Waals surface area contributed by atoms with Crippen LogP contribution in [0.25, 0.3) is 0 Å². The Morgan fingerprint density at radius 3 is 1.23 bits per heavy atom. The minimum absolute atomic E-state index is 0.0730. The summed E-state index contributed by atoms with van der Waals surface area (Å²) >= 11 is 0. The minimum Gasteiger partial charge on any atom is -0.269 e. The van der Waals surface area contributed by atoms with Crippen molar-refractivity contribution in [1.82, 2.24) is 0 Å². The van der Waals surface area contributed by atoms with Crippen LogP contribution in [0.5, 0.6) is 0 Å². The van der Waals surface area contributed by atoms with Gasteiger partial charge in [-0.2, -0.15) is 0 Å². The van der Waals surface area contributed by atoms with E-state index in [0.29, 0.717) is 8.15 Å². The molecule has 0 aliphatic carbocycles. The van der Waals surface area contributed by atoms with Crippen molar-refractivity contribution in [3.63, 3.8) is 0 Å². The van der Waals surface area contributed by atoms with Gasteiger partial charge in [0, 0.05) is 6.99 Å². The van der Waals surface area contributed by atoms with Gasteiger partial charge in [0.1, 0.15) is 0 Å². The zero-order chi connectivity index (χ0) is 10.6. The van der Waals surface area contributed by atoms with Gasteiger partial charge in [0.25, 0.3) is 0 Å². The Hall–Kier alpha value is 4.83. The van der Waals surface area contributed by atoms with Gasteiger partial charge in [-0.25, -0.2) is 0 Å². The molecule has 0 saturated heterocycles. The van der Waals surface area contributed by atoms with Crippen LogP contribution in [0.2, 0.25) is 0 Å². The van der Waals surface area contributed by atoms with Crippen molar-refractivity contribution < 1.29 is 4.57 Å². The molecule has 13 heavy (non-hydrogen) atoms. The Labute approximate surface area is 101 Å². The van der Waals surface area contributed by atoms with E-state index < -0.39 is 0 Å². The number of rotatable bonds is 5. The first-order valence-electron chi connectivity index (χ1n) is 2.73. The Morgan fingerprint density at radius 1 is 0.769 bits per heavy atom. The highest BCUT2D eigenvalue weighted by Gasteiger charge is 2.30. The summed E-state index contributed by atoms with van der Waals surface area (Å²) in [6.45, 7) is -0.742. The third kappa shape index (κ3) is 7.10. The van der Waals surface area contributed by atoms with Gasteiger partial charge in [-0.3, -0.25) is 4.57 Å². The molecule has 7 unspecified atom stereocenters. The van der Waals surface area contributed by atoms with Crippen LogP contribution in [0, 0.1) is 0 Å². The second-order valence-corrected chi connectivity index (χ2v) is 46.0. The summed E-state index contributed by atoms with van der Waals surface area (Å²) in [5, 5.41) is 0. The van der Waals surface area contributed by atoms with Crippen LogP contribution < -0.4 is 0 Å². The van der Waals surface area contributed by atoms with Crippen LogP contribution in [0.3, 0.4) is 0 Å². The van der Waals surface area contributed by atoms with Gasteiger partial charge in [0.05, 0.1) is 6.99 Å². The molecule has 0 amide bonds. The van der Waals surface area contributed by atoms with E-state index in [2.05, 4.69) is 53.6 Å². The molecule has 0 aliphatic heterocycles. The highest BCUT2D eigenvalue weighted by Crippen LogP contribution is 3.16. The standard InChI is InChI=1S/H12OP12/c1-8-12(9(2)3)13(10(4)5)11(6)7/h2-7H2. The summed E-state index contributed by atoms with van der Waals surface area (Å²) < 4.78 is 11.1. The fraction of sp³-hybridized carbons (Fsp3) is 0. The predicted molar refractivity (Wildman–Crippen MR) is 100 cm³/mol. The Morgan fingerprint density at radius 2 is 1.15 bits per heavy atom. The van der Waals surface area contributed by atoms with Crippen LogP contribution in [0.15, 0.2) is 0 Å². The Balaban J connectivity index is 4.58. The summed E-state index contributed by atoms with van der Waals surface area (Å²) in [5.41, 5.74) is 0. The normalized spacial score (nSPS) is 15.2. The first-order chi connectivity index (χ1) is 5.91. The van der Waals surface area contributed by atoms with Crippen molar-refractivity contribution >= 4 is 96.7 Å². The second-order valence-electron chi connectivity index (χ2n) is 1.76.